The number of likely N-dealkylation sites (tertiary alicyclic amines) is 1. The molecule has 0 radical (unpaired) electrons. The minimum atomic E-state index is -0.488. The van der Waals surface area contributed by atoms with Crippen molar-refractivity contribution in [2.24, 2.45) is 11.8 Å². The standard InChI is InChI=1S/C18H27ClN2O2/c1-13(2)7-10-20-18(23)21-11-8-15(9-12-21)17(22)14-3-5-16(19)6-4-14/h3-6,13,15,17,22H,7-12H2,1-2H3,(H,20,23). The van der Waals surface area contributed by atoms with Crippen LogP contribution in [0.5, 0.6) is 0 Å². The van der Waals surface area contributed by atoms with E-state index >= 15 is 0 Å². The van der Waals surface area contributed by atoms with Crippen molar-refractivity contribution in [1.82, 2.24) is 10.2 Å². The minimum absolute atomic E-state index is 0.0186. The quantitative estimate of drug-likeness (QED) is 0.857. The van der Waals surface area contributed by atoms with Gasteiger partial charge in [-0.1, -0.05) is 37.6 Å². The Balaban J connectivity index is 1.79. The molecule has 1 aliphatic heterocycles. The summed E-state index contributed by atoms with van der Waals surface area (Å²) >= 11 is 5.88. The summed E-state index contributed by atoms with van der Waals surface area (Å²) < 4.78 is 0. The van der Waals surface area contributed by atoms with E-state index in [-0.39, 0.29) is 11.9 Å². The van der Waals surface area contributed by atoms with Gasteiger partial charge in [0.2, 0.25) is 0 Å². The third kappa shape index (κ3) is 5.40. The average molecular weight is 339 g/mol. The fourth-order valence-electron chi connectivity index (χ4n) is 2.93. The van der Waals surface area contributed by atoms with Gasteiger partial charge in [0.05, 0.1) is 6.10 Å². The van der Waals surface area contributed by atoms with Gasteiger partial charge in [0.25, 0.3) is 0 Å². The van der Waals surface area contributed by atoms with E-state index in [0.717, 1.165) is 31.4 Å². The highest BCUT2D eigenvalue weighted by molar-refractivity contribution is 6.30. The summed E-state index contributed by atoms with van der Waals surface area (Å²) in [6.07, 6.45) is 2.15. The second-order valence-corrected chi connectivity index (χ2v) is 7.17. The van der Waals surface area contributed by atoms with Crippen LogP contribution in [-0.4, -0.2) is 35.7 Å². The van der Waals surface area contributed by atoms with Gasteiger partial charge in [-0.3, -0.25) is 0 Å². The van der Waals surface area contributed by atoms with Crippen molar-refractivity contribution in [2.45, 2.75) is 39.2 Å². The number of aliphatic hydroxyl groups excluding tert-OH is 1. The zero-order valence-corrected chi connectivity index (χ0v) is 14.7. The van der Waals surface area contributed by atoms with Crippen LogP contribution in [0, 0.1) is 11.8 Å². The molecule has 4 nitrogen and oxygen atoms in total. The van der Waals surface area contributed by atoms with Crippen molar-refractivity contribution in [1.29, 1.82) is 0 Å². The number of urea groups is 1. The first-order valence-electron chi connectivity index (χ1n) is 8.43. The van der Waals surface area contributed by atoms with Crippen LogP contribution < -0.4 is 5.32 Å². The normalized spacial score (nSPS) is 17.3. The molecule has 2 N–H and O–H groups in total. The number of hydrogen-bond acceptors (Lipinski definition) is 2. The van der Waals surface area contributed by atoms with E-state index < -0.39 is 6.10 Å². The third-order valence-electron chi connectivity index (χ3n) is 4.48. The lowest BCUT2D eigenvalue weighted by Gasteiger charge is -2.34. The predicted molar refractivity (Wildman–Crippen MR) is 93.6 cm³/mol. The molecule has 1 unspecified atom stereocenters. The molecule has 2 rings (SSSR count). The molecule has 23 heavy (non-hydrogen) atoms. The van der Waals surface area contributed by atoms with Gasteiger partial charge in [-0.25, -0.2) is 4.79 Å². The Bertz CT molecular complexity index is 496. The van der Waals surface area contributed by atoms with E-state index in [9.17, 15) is 9.90 Å². The third-order valence-corrected chi connectivity index (χ3v) is 4.73. The second kappa shape index (κ2) is 8.55. The molecule has 1 fully saturated rings. The second-order valence-electron chi connectivity index (χ2n) is 6.74. The molecular formula is C18H27ClN2O2. The molecule has 1 aromatic carbocycles. The molecule has 128 valence electrons. The first-order chi connectivity index (χ1) is 11.0. The molecule has 0 aromatic heterocycles. The molecule has 1 aliphatic rings. The first-order valence-corrected chi connectivity index (χ1v) is 8.81. The summed E-state index contributed by atoms with van der Waals surface area (Å²) in [6, 6.07) is 7.37. The molecule has 1 heterocycles. The van der Waals surface area contributed by atoms with Crippen molar-refractivity contribution in [3.63, 3.8) is 0 Å². The molecule has 0 bridgehead atoms. The molecule has 1 atom stereocenters. The molecule has 5 heteroatoms. The minimum Gasteiger partial charge on any atom is -0.388 e. The SMILES string of the molecule is CC(C)CCNC(=O)N1CCC(C(O)c2ccc(Cl)cc2)CC1. The van der Waals surface area contributed by atoms with E-state index in [1.54, 1.807) is 12.1 Å². The van der Waals surface area contributed by atoms with Gasteiger partial charge in [-0.15, -0.1) is 0 Å². The number of piperidine rings is 1. The Kier molecular flexibility index (Phi) is 6.72. The van der Waals surface area contributed by atoms with Crippen molar-refractivity contribution in [3.05, 3.63) is 34.9 Å². The Labute approximate surface area is 143 Å². The predicted octanol–water partition coefficient (Wildman–Crippen LogP) is 3.84. The number of amides is 2. The molecule has 1 saturated heterocycles. The Morgan fingerprint density at radius 2 is 1.91 bits per heavy atom. The largest absolute Gasteiger partial charge is 0.388 e. The van der Waals surface area contributed by atoms with Crippen molar-refractivity contribution >= 4 is 17.6 Å². The number of carbonyl (C=O) groups is 1. The smallest absolute Gasteiger partial charge is 0.317 e. The van der Waals surface area contributed by atoms with Crippen LogP contribution >= 0.6 is 11.6 Å². The van der Waals surface area contributed by atoms with E-state index in [2.05, 4.69) is 19.2 Å². The van der Waals surface area contributed by atoms with Crippen LogP contribution in [0.3, 0.4) is 0 Å². The van der Waals surface area contributed by atoms with Gasteiger partial charge in [-0.05, 0) is 48.8 Å². The van der Waals surface area contributed by atoms with Crippen LogP contribution in [0.4, 0.5) is 4.79 Å². The highest BCUT2D eigenvalue weighted by atomic mass is 35.5. The van der Waals surface area contributed by atoms with Gasteiger partial charge in [-0.2, -0.15) is 0 Å². The van der Waals surface area contributed by atoms with Gasteiger partial charge in [0.1, 0.15) is 0 Å². The number of nitrogens with zero attached hydrogens (tertiary/aromatic N) is 1. The summed E-state index contributed by atoms with van der Waals surface area (Å²) in [4.78, 5) is 14.0. The average Bonchev–Trinajstić information content (AvgIpc) is 2.54. The number of nitrogens with one attached hydrogen (secondary N) is 1. The fraction of sp³-hybridized carbons (Fsp3) is 0.611. The Morgan fingerprint density at radius 3 is 2.48 bits per heavy atom. The lowest BCUT2D eigenvalue weighted by atomic mass is 9.87. The van der Waals surface area contributed by atoms with E-state index in [0.29, 0.717) is 24.0 Å². The monoisotopic (exact) mass is 338 g/mol. The summed E-state index contributed by atoms with van der Waals surface area (Å²) in [5.74, 6) is 0.784. The van der Waals surface area contributed by atoms with E-state index in [4.69, 9.17) is 11.6 Å². The van der Waals surface area contributed by atoms with Crippen molar-refractivity contribution in [3.8, 4) is 0 Å². The molecule has 2 amide bonds. The van der Waals surface area contributed by atoms with E-state index in [1.807, 2.05) is 17.0 Å². The van der Waals surface area contributed by atoms with E-state index in [1.165, 1.54) is 0 Å². The highest BCUT2D eigenvalue weighted by Gasteiger charge is 2.28. The Morgan fingerprint density at radius 1 is 1.30 bits per heavy atom. The maximum absolute atomic E-state index is 12.1. The van der Waals surface area contributed by atoms with Crippen LogP contribution in [0.2, 0.25) is 5.02 Å². The zero-order chi connectivity index (χ0) is 16.8. The molecule has 1 aromatic rings. The topological polar surface area (TPSA) is 52.6 Å². The van der Waals surface area contributed by atoms with Crippen molar-refractivity contribution in [2.75, 3.05) is 19.6 Å². The summed E-state index contributed by atoms with van der Waals surface area (Å²) in [7, 11) is 0. The molecular weight excluding hydrogens is 312 g/mol. The number of benzene rings is 1. The summed E-state index contributed by atoms with van der Waals surface area (Å²) in [5, 5.41) is 14.2. The van der Waals surface area contributed by atoms with Crippen molar-refractivity contribution < 1.29 is 9.90 Å². The van der Waals surface area contributed by atoms with Crippen LogP contribution in [0.15, 0.2) is 24.3 Å². The van der Waals surface area contributed by atoms with Crippen LogP contribution in [0.25, 0.3) is 0 Å². The number of hydrogen-bond donors (Lipinski definition) is 2. The maximum Gasteiger partial charge on any atom is 0.317 e. The maximum atomic E-state index is 12.1. The molecule has 0 spiro atoms. The zero-order valence-electron chi connectivity index (χ0n) is 14.0. The summed E-state index contributed by atoms with van der Waals surface area (Å²) in [6.45, 7) is 6.42. The van der Waals surface area contributed by atoms with Gasteiger partial charge in [0, 0.05) is 24.7 Å². The first kappa shape index (κ1) is 18.1. The van der Waals surface area contributed by atoms with Crippen LogP contribution in [0.1, 0.15) is 44.8 Å². The summed E-state index contributed by atoms with van der Waals surface area (Å²) in [5.41, 5.74) is 0.897. The number of rotatable bonds is 5. The molecule has 0 saturated carbocycles. The van der Waals surface area contributed by atoms with Gasteiger partial charge < -0.3 is 15.3 Å². The molecule has 0 aliphatic carbocycles. The highest BCUT2D eigenvalue weighted by Crippen LogP contribution is 2.31. The van der Waals surface area contributed by atoms with Gasteiger partial charge >= 0.3 is 6.03 Å². The lowest BCUT2D eigenvalue weighted by Crippen LogP contribution is -2.45. The van der Waals surface area contributed by atoms with Crippen LogP contribution in [-0.2, 0) is 0 Å². The number of halogens is 1. The number of carbonyl (C=O) groups excluding carboxylic acids is 1. The van der Waals surface area contributed by atoms with Gasteiger partial charge in [0.15, 0.2) is 0 Å². The fourth-order valence-corrected chi connectivity index (χ4v) is 3.06. The number of aliphatic hydroxyl groups is 1. The lowest BCUT2D eigenvalue weighted by molar-refractivity contribution is 0.0665. The Hall–Kier alpha value is -1.26.